The van der Waals surface area contributed by atoms with E-state index < -0.39 is 5.54 Å². The molecule has 246 valence electrons. The number of methoxy groups -OCH3 is 2. The highest BCUT2D eigenvalue weighted by Gasteiger charge is 2.54. The molecular formula is C38H46ClNO6. The normalized spacial score (nSPS) is 24.4. The van der Waals surface area contributed by atoms with Crippen LogP contribution in [0, 0.1) is 11.8 Å². The fourth-order valence-electron chi connectivity index (χ4n) is 7.89. The lowest BCUT2D eigenvalue weighted by atomic mass is 9.59. The maximum atomic E-state index is 13.4. The van der Waals surface area contributed by atoms with Crippen LogP contribution in [0.15, 0.2) is 60.7 Å². The van der Waals surface area contributed by atoms with Crippen LogP contribution in [0.2, 0.25) is 5.02 Å². The molecule has 6 rings (SSSR count). The van der Waals surface area contributed by atoms with E-state index in [2.05, 4.69) is 36.5 Å². The molecule has 0 bridgehead atoms. The number of hydrogen-bond donors (Lipinski definition) is 1. The Kier molecular flexibility index (Phi) is 10.00. The SMILES string of the molecule is COC(=O)C1(Nc2cccc(Cl)c2)CCC2(CC1)c1cc3c(cc1CC2C[C@@H](C)COCc1ccc(OC)cc1)OCCCCO3. The number of halogens is 1. The largest absolute Gasteiger partial charge is 0.497 e. The Labute approximate surface area is 277 Å². The van der Waals surface area contributed by atoms with Crippen LogP contribution in [0.3, 0.4) is 0 Å². The van der Waals surface area contributed by atoms with Gasteiger partial charge in [0.05, 0.1) is 34.0 Å². The minimum Gasteiger partial charge on any atom is -0.497 e. The van der Waals surface area contributed by atoms with Crippen LogP contribution in [0.4, 0.5) is 5.69 Å². The smallest absolute Gasteiger partial charge is 0.331 e. The summed E-state index contributed by atoms with van der Waals surface area (Å²) in [7, 11) is 3.15. The van der Waals surface area contributed by atoms with Crippen molar-refractivity contribution in [1.82, 2.24) is 0 Å². The Hall–Kier alpha value is -3.42. The number of hydrogen-bond acceptors (Lipinski definition) is 7. The van der Waals surface area contributed by atoms with E-state index in [1.165, 1.54) is 18.2 Å². The second-order valence-corrected chi connectivity index (χ2v) is 13.8. The molecule has 1 heterocycles. The number of esters is 1. The summed E-state index contributed by atoms with van der Waals surface area (Å²) < 4.78 is 29.3. The van der Waals surface area contributed by atoms with Crippen molar-refractivity contribution in [1.29, 1.82) is 0 Å². The van der Waals surface area contributed by atoms with E-state index in [1.54, 1.807) is 7.11 Å². The fourth-order valence-corrected chi connectivity index (χ4v) is 8.08. The van der Waals surface area contributed by atoms with Crippen molar-refractivity contribution >= 4 is 23.3 Å². The molecule has 0 amide bonds. The topological polar surface area (TPSA) is 75.3 Å². The molecule has 3 aliphatic rings. The molecule has 1 aliphatic heterocycles. The number of carbonyl (C=O) groups is 1. The standard InChI is InChI=1S/C38H46ClNO6/c1-26(24-44-25-27-9-11-32(42-2)12-10-27)19-29-20-28-21-34-35(46-18-5-4-17-45-34)23-33(28)37(29)13-15-38(16-14-37,36(41)43-3)40-31-8-6-7-30(39)22-31/h6-12,21-23,26,29,40H,4-5,13-20,24-25H2,1-3H3/t26-,29?,37?,38?/m1/s1. The summed E-state index contributed by atoms with van der Waals surface area (Å²) in [6.07, 6.45) is 6.98. The minimum absolute atomic E-state index is 0.0894. The molecule has 2 aliphatic carbocycles. The molecule has 1 N–H and O–H groups in total. The van der Waals surface area contributed by atoms with Crippen molar-refractivity contribution < 1.29 is 28.5 Å². The Bertz CT molecular complexity index is 1500. The first-order valence-corrected chi connectivity index (χ1v) is 17.0. The third-order valence-electron chi connectivity index (χ3n) is 10.3. The van der Waals surface area contributed by atoms with E-state index >= 15 is 0 Å². The van der Waals surface area contributed by atoms with Gasteiger partial charge in [-0.2, -0.15) is 0 Å². The van der Waals surface area contributed by atoms with Gasteiger partial charge in [-0.1, -0.05) is 36.7 Å². The maximum Gasteiger partial charge on any atom is 0.331 e. The van der Waals surface area contributed by atoms with Crippen LogP contribution in [0.1, 0.15) is 68.6 Å². The highest BCUT2D eigenvalue weighted by Crippen LogP contribution is 2.58. The van der Waals surface area contributed by atoms with Gasteiger partial charge < -0.3 is 29.0 Å². The third-order valence-corrected chi connectivity index (χ3v) is 10.5. The zero-order valence-electron chi connectivity index (χ0n) is 27.2. The van der Waals surface area contributed by atoms with Gasteiger partial charge in [0.15, 0.2) is 11.5 Å². The van der Waals surface area contributed by atoms with Crippen LogP contribution < -0.4 is 19.5 Å². The first kappa shape index (κ1) is 32.5. The average molecular weight is 648 g/mol. The summed E-state index contributed by atoms with van der Waals surface area (Å²) in [5.41, 5.74) is 3.74. The molecule has 2 atom stereocenters. The highest BCUT2D eigenvalue weighted by molar-refractivity contribution is 6.30. The third kappa shape index (κ3) is 6.82. The molecule has 7 nitrogen and oxygen atoms in total. The zero-order valence-corrected chi connectivity index (χ0v) is 28.0. The molecule has 0 aromatic heterocycles. The van der Waals surface area contributed by atoms with Crippen LogP contribution in [0.5, 0.6) is 17.2 Å². The first-order chi connectivity index (χ1) is 22.3. The van der Waals surface area contributed by atoms with E-state index in [9.17, 15) is 4.79 Å². The molecular weight excluding hydrogens is 602 g/mol. The number of fused-ring (bicyclic) bond motifs is 3. The van der Waals surface area contributed by atoms with Crippen LogP contribution in [0.25, 0.3) is 0 Å². The Balaban J connectivity index is 1.24. The van der Waals surface area contributed by atoms with E-state index in [-0.39, 0.29) is 11.4 Å². The van der Waals surface area contributed by atoms with Crippen molar-refractivity contribution in [2.24, 2.45) is 11.8 Å². The fraction of sp³-hybridized carbons (Fsp3) is 0.500. The molecule has 1 fully saturated rings. The highest BCUT2D eigenvalue weighted by atomic mass is 35.5. The number of anilines is 1. The first-order valence-electron chi connectivity index (χ1n) is 16.6. The van der Waals surface area contributed by atoms with Gasteiger partial charge in [0.25, 0.3) is 0 Å². The van der Waals surface area contributed by atoms with E-state index in [1.807, 2.05) is 36.4 Å². The monoisotopic (exact) mass is 647 g/mol. The average Bonchev–Trinajstić information content (AvgIpc) is 3.32. The summed E-state index contributed by atoms with van der Waals surface area (Å²) >= 11 is 6.31. The van der Waals surface area contributed by atoms with Crippen molar-refractivity contribution in [3.05, 3.63) is 82.4 Å². The van der Waals surface area contributed by atoms with Gasteiger partial charge in [0, 0.05) is 17.3 Å². The predicted molar refractivity (Wildman–Crippen MR) is 180 cm³/mol. The molecule has 1 unspecified atom stereocenters. The summed E-state index contributed by atoms with van der Waals surface area (Å²) in [4.78, 5) is 13.4. The van der Waals surface area contributed by atoms with Gasteiger partial charge in [-0.05, 0) is 128 Å². The van der Waals surface area contributed by atoms with Gasteiger partial charge in [0.1, 0.15) is 11.3 Å². The Morgan fingerprint density at radius 2 is 1.70 bits per heavy atom. The number of benzene rings is 3. The molecule has 46 heavy (non-hydrogen) atoms. The lowest BCUT2D eigenvalue weighted by molar-refractivity contribution is -0.148. The number of ether oxygens (including phenoxy) is 5. The Morgan fingerprint density at radius 3 is 2.37 bits per heavy atom. The molecule has 1 saturated carbocycles. The van der Waals surface area contributed by atoms with Gasteiger partial charge in [0.2, 0.25) is 0 Å². The molecule has 3 aromatic carbocycles. The van der Waals surface area contributed by atoms with Crippen molar-refractivity contribution in [2.45, 2.75) is 75.9 Å². The van der Waals surface area contributed by atoms with Crippen molar-refractivity contribution in [2.75, 3.05) is 39.4 Å². The van der Waals surface area contributed by atoms with Gasteiger partial charge >= 0.3 is 5.97 Å². The zero-order chi connectivity index (χ0) is 32.1. The second kappa shape index (κ2) is 14.1. The van der Waals surface area contributed by atoms with Crippen molar-refractivity contribution in [3.63, 3.8) is 0 Å². The van der Waals surface area contributed by atoms with Gasteiger partial charge in [-0.15, -0.1) is 0 Å². The van der Waals surface area contributed by atoms with Crippen LogP contribution in [-0.4, -0.2) is 45.5 Å². The summed E-state index contributed by atoms with van der Waals surface area (Å²) in [5.74, 6) is 3.08. The van der Waals surface area contributed by atoms with Crippen LogP contribution in [-0.2, 0) is 32.7 Å². The molecule has 3 aromatic rings. The predicted octanol–water partition coefficient (Wildman–Crippen LogP) is 8.15. The molecule has 0 saturated heterocycles. The lowest BCUT2D eigenvalue weighted by Gasteiger charge is -2.48. The van der Waals surface area contributed by atoms with Crippen molar-refractivity contribution in [3.8, 4) is 17.2 Å². The number of rotatable bonds is 10. The quantitative estimate of drug-likeness (QED) is 0.223. The van der Waals surface area contributed by atoms with Crippen LogP contribution >= 0.6 is 11.6 Å². The number of carbonyl (C=O) groups excluding carboxylic acids is 1. The lowest BCUT2D eigenvalue weighted by Crippen LogP contribution is -2.53. The molecule has 8 heteroatoms. The summed E-state index contributed by atoms with van der Waals surface area (Å²) in [5, 5.41) is 4.18. The second-order valence-electron chi connectivity index (χ2n) is 13.3. The van der Waals surface area contributed by atoms with E-state index in [4.69, 9.17) is 35.3 Å². The summed E-state index contributed by atoms with van der Waals surface area (Å²) in [6.45, 7) is 4.95. The summed E-state index contributed by atoms with van der Waals surface area (Å²) in [6, 6.07) is 20.1. The number of nitrogens with one attached hydrogen (secondary N) is 1. The Morgan fingerprint density at radius 1 is 0.978 bits per heavy atom. The maximum absolute atomic E-state index is 13.4. The van der Waals surface area contributed by atoms with E-state index in [0.717, 1.165) is 67.0 Å². The minimum atomic E-state index is -0.825. The molecule has 0 radical (unpaired) electrons. The molecule has 1 spiro atoms. The van der Waals surface area contributed by atoms with Gasteiger partial charge in [-0.3, -0.25) is 0 Å². The van der Waals surface area contributed by atoms with E-state index in [0.29, 0.717) is 56.1 Å². The van der Waals surface area contributed by atoms with Gasteiger partial charge in [-0.25, -0.2) is 4.79 Å².